The first-order valence-electron chi connectivity index (χ1n) is 6.26. The van der Waals surface area contributed by atoms with Crippen LogP contribution in [0.5, 0.6) is 0 Å². The van der Waals surface area contributed by atoms with Crippen LogP contribution in [0.3, 0.4) is 0 Å². The standard InChI is InChI=1S/C13H18N2O3S/c14-12(10-4-2-1-3-5-10)8-13(16)15-11-6-7-19(17,18)9-11/h1-5,11-12H,6-9,14H2,(H,15,16). The van der Waals surface area contributed by atoms with Crippen LogP contribution < -0.4 is 11.1 Å². The molecule has 1 aromatic rings. The molecule has 2 rings (SSSR count). The van der Waals surface area contributed by atoms with Crippen LogP contribution in [0, 0.1) is 0 Å². The molecule has 6 heteroatoms. The minimum Gasteiger partial charge on any atom is -0.352 e. The van der Waals surface area contributed by atoms with Crippen molar-refractivity contribution in [2.75, 3.05) is 11.5 Å². The number of nitrogens with one attached hydrogen (secondary N) is 1. The highest BCUT2D eigenvalue weighted by Gasteiger charge is 2.29. The van der Waals surface area contributed by atoms with Crippen molar-refractivity contribution < 1.29 is 13.2 Å². The van der Waals surface area contributed by atoms with E-state index in [1.807, 2.05) is 30.3 Å². The van der Waals surface area contributed by atoms with Gasteiger partial charge in [0.25, 0.3) is 0 Å². The molecule has 104 valence electrons. The zero-order valence-electron chi connectivity index (χ0n) is 10.6. The van der Waals surface area contributed by atoms with E-state index in [1.165, 1.54) is 0 Å². The van der Waals surface area contributed by atoms with Crippen LogP contribution >= 0.6 is 0 Å². The second-order valence-electron chi connectivity index (χ2n) is 4.89. The lowest BCUT2D eigenvalue weighted by Gasteiger charge is -2.14. The molecule has 0 saturated carbocycles. The number of hydrogen-bond acceptors (Lipinski definition) is 4. The van der Waals surface area contributed by atoms with Crippen molar-refractivity contribution in [2.45, 2.75) is 24.9 Å². The Morgan fingerprint density at radius 2 is 2.05 bits per heavy atom. The van der Waals surface area contributed by atoms with E-state index in [-0.39, 0.29) is 35.9 Å². The van der Waals surface area contributed by atoms with Crippen LogP contribution in [-0.4, -0.2) is 31.9 Å². The molecule has 1 aliphatic rings. The van der Waals surface area contributed by atoms with Gasteiger partial charge in [0.05, 0.1) is 11.5 Å². The maximum Gasteiger partial charge on any atom is 0.222 e. The first-order valence-corrected chi connectivity index (χ1v) is 8.09. The summed E-state index contributed by atoms with van der Waals surface area (Å²) in [6, 6.07) is 8.75. The zero-order chi connectivity index (χ0) is 13.9. The average molecular weight is 282 g/mol. The van der Waals surface area contributed by atoms with Crippen molar-refractivity contribution in [2.24, 2.45) is 5.73 Å². The average Bonchev–Trinajstić information content (AvgIpc) is 2.69. The van der Waals surface area contributed by atoms with Gasteiger partial charge in [0.1, 0.15) is 0 Å². The van der Waals surface area contributed by atoms with Gasteiger partial charge in [-0.25, -0.2) is 8.42 Å². The minimum absolute atomic E-state index is 0.0410. The molecule has 2 atom stereocenters. The Balaban J connectivity index is 1.85. The van der Waals surface area contributed by atoms with E-state index in [4.69, 9.17) is 5.73 Å². The topological polar surface area (TPSA) is 89.3 Å². The number of rotatable bonds is 4. The molecule has 1 aromatic carbocycles. The fraction of sp³-hybridized carbons (Fsp3) is 0.462. The number of benzene rings is 1. The van der Waals surface area contributed by atoms with E-state index in [0.29, 0.717) is 6.42 Å². The lowest BCUT2D eigenvalue weighted by atomic mass is 10.0. The Bertz CT molecular complexity index is 542. The Morgan fingerprint density at radius 3 is 2.63 bits per heavy atom. The van der Waals surface area contributed by atoms with Gasteiger partial charge in [-0.05, 0) is 12.0 Å². The second-order valence-corrected chi connectivity index (χ2v) is 7.12. The van der Waals surface area contributed by atoms with Gasteiger partial charge >= 0.3 is 0 Å². The molecular weight excluding hydrogens is 264 g/mol. The molecule has 0 spiro atoms. The number of sulfone groups is 1. The maximum absolute atomic E-state index is 11.8. The molecule has 0 bridgehead atoms. The first kappa shape index (κ1) is 14.0. The number of nitrogens with two attached hydrogens (primary N) is 1. The third-order valence-corrected chi connectivity index (χ3v) is 5.00. The van der Waals surface area contributed by atoms with Gasteiger partial charge in [-0.2, -0.15) is 0 Å². The smallest absolute Gasteiger partial charge is 0.222 e. The summed E-state index contributed by atoms with van der Waals surface area (Å²) in [5.41, 5.74) is 6.84. The Hall–Kier alpha value is -1.40. The van der Waals surface area contributed by atoms with E-state index in [2.05, 4.69) is 5.32 Å². The SMILES string of the molecule is NC(CC(=O)NC1CCS(=O)(=O)C1)c1ccccc1. The van der Waals surface area contributed by atoms with Gasteiger partial charge in [0.15, 0.2) is 9.84 Å². The molecule has 1 saturated heterocycles. The Labute approximate surface area is 113 Å². The molecule has 19 heavy (non-hydrogen) atoms. The third kappa shape index (κ3) is 4.04. The summed E-state index contributed by atoms with van der Waals surface area (Å²) >= 11 is 0. The van der Waals surface area contributed by atoms with Gasteiger partial charge in [0.2, 0.25) is 5.91 Å². The second kappa shape index (κ2) is 5.71. The predicted octanol–water partition coefficient (Wildman–Crippen LogP) is 0.380. The fourth-order valence-electron chi connectivity index (χ4n) is 2.21. The molecule has 1 aliphatic heterocycles. The lowest BCUT2D eigenvalue weighted by Crippen LogP contribution is -2.37. The van der Waals surface area contributed by atoms with E-state index in [1.54, 1.807) is 0 Å². The zero-order valence-corrected chi connectivity index (χ0v) is 11.4. The molecule has 0 aliphatic carbocycles. The molecule has 5 nitrogen and oxygen atoms in total. The fourth-order valence-corrected chi connectivity index (χ4v) is 3.89. The highest BCUT2D eigenvalue weighted by Crippen LogP contribution is 2.15. The number of carbonyl (C=O) groups excluding carboxylic acids is 1. The maximum atomic E-state index is 11.8. The number of amides is 1. The van der Waals surface area contributed by atoms with Crippen molar-refractivity contribution in [3.63, 3.8) is 0 Å². The summed E-state index contributed by atoms with van der Waals surface area (Å²) < 4.78 is 22.6. The molecule has 0 aromatic heterocycles. The van der Waals surface area contributed by atoms with Crippen LogP contribution in [0.2, 0.25) is 0 Å². The number of hydrogen-bond donors (Lipinski definition) is 2. The summed E-state index contributed by atoms with van der Waals surface area (Å²) in [6.45, 7) is 0. The van der Waals surface area contributed by atoms with Crippen molar-refractivity contribution >= 4 is 15.7 Å². The normalized spacial score (nSPS) is 22.9. The van der Waals surface area contributed by atoms with E-state index >= 15 is 0 Å². The van der Waals surface area contributed by atoms with Crippen LogP contribution in [0.25, 0.3) is 0 Å². The molecule has 1 heterocycles. The van der Waals surface area contributed by atoms with E-state index < -0.39 is 9.84 Å². The van der Waals surface area contributed by atoms with Crippen LogP contribution in [0.1, 0.15) is 24.4 Å². The monoisotopic (exact) mass is 282 g/mol. The highest BCUT2D eigenvalue weighted by molar-refractivity contribution is 7.91. The summed E-state index contributed by atoms with van der Waals surface area (Å²) in [7, 11) is -2.97. The van der Waals surface area contributed by atoms with Crippen LogP contribution in [0.4, 0.5) is 0 Å². The van der Waals surface area contributed by atoms with E-state index in [9.17, 15) is 13.2 Å². The lowest BCUT2D eigenvalue weighted by molar-refractivity contribution is -0.122. The molecular formula is C13H18N2O3S. The van der Waals surface area contributed by atoms with E-state index in [0.717, 1.165) is 5.56 Å². The van der Waals surface area contributed by atoms with Crippen molar-refractivity contribution in [3.8, 4) is 0 Å². The van der Waals surface area contributed by atoms with Gasteiger partial charge in [-0.15, -0.1) is 0 Å². The quantitative estimate of drug-likeness (QED) is 0.835. The summed E-state index contributed by atoms with van der Waals surface area (Å²) in [6.07, 6.45) is 0.662. The summed E-state index contributed by atoms with van der Waals surface area (Å²) in [4.78, 5) is 11.8. The largest absolute Gasteiger partial charge is 0.352 e. The molecule has 3 N–H and O–H groups in total. The van der Waals surface area contributed by atoms with Gasteiger partial charge in [0, 0.05) is 18.5 Å². The predicted molar refractivity (Wildman–Crippen MR) is 73.2 cm³/mol. The summed E-state index contributed by atoms with van der Waals surface area (Å²) in [5, 5.41) is 2.74. The molecule has 1 fully saturated rings. The molecule has 1 amide bonds. The third-order valence-electron chi connectivity index (χ3n) is 3.23. The van der Waals surface area contributed by atoms with Crippen LogP contribution in [0.15, 0.2) is 30.3 Å². The van der Waals surface area contributed by atoms with Crippen molar-refractivity contribution in [3.05, 3.63) is 35.9 Å². The summed E-state index contributed by atoms with van der Waals surface area (Å²) in [5.74, 6) is 0.000552. The Kier molecular flexibility index (Phi) is 4.21. The number of carbonyl (C=O) groups is 1. The molecule has 0 radical (unpaired) electrons. The van der Waals surface area contributed by atoms with Crippen molar-refractivity contribution in [1.82, 2.24) is 5.32 Å². The van der Waals surface area contributed by atoms with Crippen molar-refractivity contribution in [1.29, 1.82) is 0 Å². The first-order chi connectivity index (χ1) is 8.96. The van der Waals surface area contributed by atoms with Gasteiger partial charge < -0.3 is 11.1 Å². The highest BCUT2D eigenvalue weighted by atomic mass is 32.2. The van der Waals surface area contributed by atoms with Gasteiger partial charge in [-0.1, -0.05) is 30.3 Å². The minimum atomic E-state index is -2.97. The van der Waals surface area contributed by atoms with Gasteiger partial charge in [-0.3, -0.25) is 4.79 Å². The molecule has 2 unspecified atom stereocenters. The van der Waals surface area contributed by atoms with Crippen LogP contribution in [-0.2, 0) is 14.6 Å². The Morgan fingerprint density at radius 1 is 1.37 bits per heavy atom.